The van der Waals surface area contributed by atoms with Crippen molar-refractivity contribution in [1.29, 1.82) is 0 Å². The van der Waals surface area contributed by atoms with Crippen LogP contribution in [0.15, 0.2) is 48.5 Å². The Labute approximate surface area is 207 Å². The highest BCUT2D eigenvalue weighted by Gasteiger charge is 2.31. The quantitative estimate of drug-likeness (QED) is 0.447. The summed E-state index contributed by atoms with van der Waals surface area (Å²) in [4.78, 5) is 36.5. The van der Waals surface area contributed by atoms with Crippen molar-refractivity contribution in [3.05, 3.63) is 59.7 Å². The summed E-state index contributed by atoms with van der Waals surface area (Å²) in [7, 11) is 0. The lowest BCUT2D eigenvalue weighted by molar-refractivity contribution is -0.144. The van der Waals surface area contributed by atoms with Crippen LogP contribution in [0.3, 0.4) is 0 Å². The smallest absolute Gasteiger partial charge is 0.407 e. The minimum absolute atomic E-state index is 0.0216. The van der Waals surface area contributed by atoms with E-state index in [2.05, 4.69) is 34.9 Å². The Morgan fingerprint density at radius 2 is 1.51 bits per heavy atom. The van der Waals surface area contributed by atoms with Crippen LogP contribution in [0.2, 0.25) is 0 Å². The first kappa shape index (κ1) is 26.3. The van der Waals surface area contributed by atoms with Gasteiger partial charge in [0.15, 0.2) is 0 Å². The van der Waals surface area contributed by atoms with Crippen molar-refractivity contribution < 1.29 is 24.2 Å². The summed E-state index contributed by atoms with van der Waals surface area (Å²) < 4.78 is 5.62. The van der Waals surface area contributed by atoms with Crippen molar-refractivity contribution in [2.24, 2.45) is 11.8 Å². The van der Waals surface area contributed by atoms with Crippen molar-refractivity contribution >= 4 is 18.0 Å². The third-order valence-electron chi connectivity index (χ3n) is 6.69. The van der Waals surface area contributed by atoms with E-state index < -0.39 is 29.6 Å². The molecule has 35 heavy (non-hydrogen) atoms. The number of aliphatic carboxylic acids is 1. The summed E-state index contributed by atoms with van der Waals surface area (Å²) in [5.74, 6) is -1.95. The summed E-state index contributed by atoms with van der Waals surface area (Å²) in [6.45, 7) is 9.24. The maximum absolute atomic E-state index is 12.6. The van der Waals surface area contributed by atoms with Crippen LogP contribution in [-0.2, 0) is 14.3 Å². The zero-order valence-electron chi connectivity index (χ0n) is 21.1. The van der Waals surface area contributed by atoms with Gasteiger partial charge in [0.25, 0.3) is 0 Å². The molecule has 0 aromatic heterocycles. The number of alkyl carbamates (subject to hydrolysis) is 1. The average Bonchev–Trinajstić information content (AvgIpc) is 3.09. The fraction of sp³-hybridized carbons (Fsp3) is 0.464. The normalized spacial score (nSPS) is 14.6. The summed E-state index contributed by atoms with van der Waals surface area (Å²) in [5.41, 5.74) is 3.95. The van der Waals surface area contributed by atoms with Crippen LogP contribution in [0.5, 0.6) is 0 Å². The Kier molecular flexibility index (Phi) is 8.20. The fourth-order valence-electron chi connectivity index (χ4n) is 4.89. The van der Waals surface area contributed by atoms with Crippen molar-refractivity contribution in [3.8, 4) is 11.1 Å². The van der Waals surface area contributed by atoms with E-state index in [9.17, 15) is 19.5 Å². The second-order valence-corrected chi connectivity index (χ2v) is 10.3. The highest BCUT2D eigenvalue weighted by atomic mass is 16.5. The lowest BCUT2D eigenvalue weighted by atomic mass is 9.89. The number of hydrogen-bond acceptors (Lipinski definition) is 4. The van der Waals surface area contributed by atoms with Crippen molar-refractivity contribution in [1.82, 2.24) is 10.6 Å². The van der Waals surface area contributed by atoms with Crippen molar-refractivity contribution in [3.63, 3.8) is 0 Å². The molecule has 2 unspecified atom stereocenters. The number of fused-ring (bicyclic) bond motifs is 3. The fourth-order valence-corrected chi connectivity index (χ4v) is 4.89. The van der Waals surface area contributed by atoms with Crippen LogP contribution in [0.25, 0.3) is 11.1 Å². The Bertz CT molecular complexity index is 1030. The maximum atomic E-state index is 12.6. The Morgan fingerprint density at radius 1 is 0.971 bits per heavy atom. The highest BCUT2D eigenvalue weighted by molar-refractivity contribution is 5.79. The van der Waals surface area contributed by atoms with E-state index in [1.165, 1.54) is 11.1 Å². The molecule has 1 aliphatic carbocycles. The number of carbonyl (C=O) groups is 3. The number of carbonyl (C=O) groups excluding carboxylic acids is 2. The molecule has 3 rings (SSSR count). The molecule has 7 nitrogen and oxygen atoms in total. The molecule has 2 atom stereocenters. The minimum atomic E-state index is -0.926. The van der Waals surface area contributed by atoms with Gasteiger partial charge in [-0.25, -0.2) is 4.79 Å². The van der Waals surface area contributed by atoms with Gasteiger partial charge in [0.1, 0.15) is 6.61 Å². The second kappa shape index (κ2) is 10.9. The van der Waals surface area contributed by atoms with Crippen LogP contribution in [0.4, 0.5) is 4.79 Å². The van der Waals surface area contributed by atoms with E-state index in [-0.39, 0.29) is 30.8 Å². The first-order chi connectivity index (χ1) is 16.5. The van der Waals surface area contributed by atoms with E-state index in [4.69, 9.17) is 4.74 Å². The van der Waals surface area contributed by atoms with Crippen LogP contribution in [0, 0.1) is 11.8 Å². The number of ether oxygens (including phenoxy) is 1. The monoisotopic (exact) mass is 480 g/mol. The number of hydrogen-bond donors (Lipinski definition) is 3. The van der Waals surface area contributed by atoms with Gasteiger partial charge in [-0.1, -0.05) is 62.4 Å². The summed E-state index contributed by atoms with van der Waals surface area (Å²) >= 11 is 0. The number of nitrogens with one attached hydrogen (secondary N) is 2. The third kappa shape index (κ3) is 6.41. The van der Waals surface area contributed by atoms with Gasteiger partial charge < -0.3 is 20.5 Å². The third-order valence-corrected chi connectivity index (χ3v) is 6.69. The van der Waals surface area contributed by atoms with Crippen LogP contribution < -0.4 is 10.6 Å². The number of amides is 2. The molecule has 1 aliphatic rings. The number of rotatable bonds is 10. The molecule has 0 saturated carbocycles. The molecule has 0 bridgehead atoms. The van der Waals surface area contributed by atoms with Crippen LogP contribution in [-0.4, -0.2) is 41.3 Å². The minimum Gasteiger partial charge on any atom is -0.481 e. The molecule has 0 aliphatic heterocycles. The molecule has 2 aromatic rings. The van der Waals surface area contributed by atoms with Gasteiger partial charge in [-0.15, -0.1) is 0 Å². The second-order valence-electron chi connectivity index (χ2n) is 10.3. The largest absolute Gasteiger partial charge is 0.481 e. The molecule has 188 valence electrons. The van der Waals surface area contributed by atoms with Crippen molar-refractivity contribution in [2.45, 2.75) is 65.0 Å². The highest BCUT2D eigenvalue weighted by Crippen LogP contribution is 2.44. The van der Waals surface area contributed by atoms with E-state index >= 15 is 0 Å². The van der Waals surface area contributed by atoms with Gasteiger partial charge in [0.2, 0.25) is 5.91 Å². The predicted octanol–water partition coefficient (Wildman–Crippen LogP) is 4.95. The Balaban J connectivity index is 1.51. The zero-order chi connectivity index (χ0) is 25.8. The average molecular weight is 481 g/mol. The SMILES string of the molecule is CC(C)C(C(=O)O)C(C)NC(=O)CCC(C)(C)NC(=O)OCC1c2ccccc2-c2ccccc21. The molecule has 2 amide bonds. The van der Waals surface area contributed by atoms with Crippen LogP contribution >= 0.6 is 0 Å². The lowest BCUT2D eigenvalue weighted by Crippen LogP contribution is -2.46. The van der Waals surface area contributed by atoms with Gasteiger partial charge >= 0.3 is 12.1 Å². The molecule has 2 aromatic carbocycles. The van der Waals surface area contributed by atoms with Crippen molar-refractivity contribution in [2.75, 3.05) is 6.61 Å². The molecule has 0 radical (unpaired) electrons. The molecule has 0 fully saturated rings. The van der Waals surface area contributed by atoms with E-state index in [1.54, 1.807) is 6.92 Å². The molecule has 3 N–H and O–H groups in total. The molecule has 0 spiro atoms. The topological polar surface area (TPSA) is 105 Å². The number of benzene rings is 2. The molecule has 0 saturated heterocycles. The number of carboxylic acid groups (broad SMARTS) is 1. The molecule has 7 heteroatoms. The van der Waals surface area contributed by atoms with E-state index in [0.717, 1.165) is 11.1 Å². The van der Waals surface area contributed by atoms with Gasteiger partial charge in [-0.05, 0) is 55.4 Å². The standard InChI is InChI=1S/C28H36N2O5/c1-17(2)25(26(32)33)18(3)29-24(31)14-15-28(4,5)30-27(34)35-16-23-21-12-8-6-10-19(21)20-11-7-9-13-22(20)23/h6-13,17-18,23,25H,14-16H2,1-5H3,(H,29,31)(H,30,34)(H,32,33). The molecular weight excluding hydrogens is 444 g/mol. The van der Waals surface area contributed by atoms with Gasteiger partial charge in [-0.2, -0.15) is 0 Å². The molecule has 0 heterocycles. The number of carboxylic acids is 1. The summed E-state index contributed by atoms with van der Waals surface area (Å²) in [6, 6.07) is 15.8. The van der Waals surface area contributed by atoms with Gasteiger partial charge in [-0.3, -0.25) is 9.59 Å². The Hall–Kier alpha value is -3.35. The van der Waals surface area contributed by atoms with Gasteiger partial charge in [0, 0.05) is 23.9 Å². The zero-order valence-corrected chi connectivity index (χ0v) is 21.1. The van der Waals surface area contributed by atoms with E-state index in [1.807, 2.05) is 52.0 Å². The van der Waals surface area contributed by atoms with Crippen LogP contribution in [0.1, 0.15) is 64.5 Å². The summed E-state index contributed by atoms with van der Waals surface area (Å²) in [5, 5.41) is 15.1. The predicted molar refractivity (Wildman–Crippen MR) is 135 cm³/mol. The maximum Gasteiger partial charge on any atom is 0.407 e. The summed E-state index contributed by atoms with van der Waals surface area (Å²) in [6.07, 6.45) is 0.0111. The van der Waals surface area contributed by atoms with E-state index in [0.29, 0.717) is 6.42 Å². The lowest BCUT2D eigenvalue weighted by Gasteiger charge is -2.27. The Morgan fingerprint density at radius 3 is 2.03 bits per heavy atom. The first-order valence-electron chi connectivity index (χ1n) is 12.2. The van der Waals surface area contributed by atoms with Gasteiger partial charge in [0.05, 0.1) is 5.92 Å². The first-order valence-corrected chi connectivity index (χ1v) is 12.2. The molecular formula is C28H36N2O5.